The van der Waals surface area contributed by atoms with Crippen LogP contribution >= 0.6 is 0 Å². The number of hydrogen-bond acceptors (Lipinski definition) is 3. The molecular weight excluding hydrogens is 562 g/mol. The molecule has 0 saturated carbocycles. The summed E-state index contributed by atoms with van der Waals surface area (Å²) >= 11 is 0. The highest BCUT2D eigenvalue weighted by molar-refractivity contribution is 6.08. The molecule has 1 aliphatic heterocycles. The molecule has 1 atom stereocenters. The maximum atomic E-state index is 13.3. The van der Waals surface area contributed by atoms with Crippen molar-refractivity contribution >= 4 is 17.4 Å². The minimum atomic E-state index is -4.59. The number of alkyl halides is 6. The Morgan fingerprint density at radius 1 is 0.905 bits per heavy atom. The number of ether oxygens (including phenoxy) is 1. The van der Waals surface area contributed by atoms with Gasteiger partial charge in [0.05, 0.1) is 6.61 Å². The molecule has 0 radical (unpaired) electrons. The van der Waals surface area contributed by atoms with Gasteiger partial charge >= 0.3 is 12.4 Å². The normalized spacial score (nSPS) is 15.3. The predicted octanol–water partition coefficient (Wildman–Crippen LogP) is 7.30. The summed E-state index contributed by atoms with van der Waals surface area (Å²) in [5.74, 6) is -0.890. The van der Waals surface area contributed by atoms with Crippen LogP contribution in [0.4, 0.5) is 26.3 Å². The second-order valence-corrected chi connectivity index (χ2v) is 9.64. The van der Waals surface area contributed by atoms with Crippen molar-refractivity contribution in [3.05, 3.63) is 107 Å². The van der Waals surface area contributed by atoms with Crippen LogP contribution in [0.15, 0.2) is 84.6 Å². The zero-order valence-electron chi connectivity index (χ0n) is 22.9. The molecule has 4 rings (SSSR count). The minimum Gasteiger partial charge on any atom is -0.494 e. The van der Waals surface area contributed by atoms with Gasteiger partial charge in [-0.25, -0.2) is 0 Å². The van der Waals surface area contributed by atoms with Gasteiger partial charge in [0.1, 0.15) is 17.5 Å². The molecule has 2 N–H and O–H groups in total. The van der Waals surface area contributed by atoms with Gasteiger partial charge in [0, 0.05) is 18.4 Å². The van der Waals surface area contributed by atoms with Gasteiger partial charge in [-0.3, -0.25) is 9.59 Å². The monoisotopic (exact) mass is 592 g/mol. The van der Waals surface area contributed by atoms with Gasteiger partial charge in [0.2, 0.25) is 0 Å². The van der Waals surface area contributed by atoms with Gasteiger partial charge in [-0.15, -0.1) is 0 Å². The molecule has 224 valence electrons. The smallest absolute Gasteiger partial charge is 0.408 e. The average Bonchev–Trinajstić information content (AvgIpc) is 2.93. The van der Waals surface area contributed by atoms with Crippen LogP contribution in [0.25, 0.3) is 5.57 Å². The summed E-state index contributed by atoms with van der Waals surface area (Å²) in [5.41, 5.74) is 2.45. The predicted molar refractivity (Wildman–Crippen MR) is 147 cm³/mol. The Hall–Kier alpha value is -4.28. The first-order valence-corrected chi connectivity index (χ1v) is 13.0. The van der Waals surface area contributed by atoms with E-state index >= 15 is 0 Å². The van der Waals surface area contributed by atoms with Crippen LogP contribution in [-0.4, -0.2) is 36.8 Å². The number of nitrogens with one attached hydrogen (secondary N) is 2. The molecule has 0 spiro atoms. The molecule has 0 saturated heterocycles. The fourth-order valence-corrected chi connectivity index (χ4v) is 4.06. The second-order valence-electron chi connectivity index (χ2n) is 9.64. The zero-order valence-corrected chi connectivity index (χ0v) is 22.9. The number of hydrogen-bond donors (Lipinski definition) is 2. The topological polar surface area (TPSA) is 67.4 Å². The lowest BCUT2D eigenvalue weighted by Gasteiger charge is -2.30. The van der Waals surface area contributed by atoms with E-state index in [1.165, 1.54) is 0 Å². The average molecular weight is 593 g/mol. The molecule has 1 unspecified atom stereocenters. The Morgan fingerprint density at radius 2 is 1.52 bits per heavy atom. The van der Waals surface area contributed by atoms with E-state index in [4.69, 9.17) is 4.74 Å². The molecule has 5 nitrogen and oxygen atoms in total. The van der Waals surface area contributed by atoms with E-state index in [0.29, 0.717) is 22.4 Å². The molecule has 3 aromatic rings. The quantitative estimate of drug-likeness (QED) is 0.224. The highest BCUT2D eigenvalue weighted by Gasteiger charge is 2.45. The summed E-state index contributed by atoms with van der Waals surface area (Å²) in [6.07, 6.45) is -9.92. The van der Waals surface area contributed by atoms with Crippen LogP contribution in [0.5, 0.6) is 5.75 Å². The molecule has 2 amide bonds. The lowest BCUT2D eigenvalue weighted by molar-refractivity contribution is -0.160. The molecule has 3 aromatic carbocycles. The molecule has 1 aliphatic rings. The summed E-state index contributed by atoms with van der Waals surface area (Å²) in [6, 6.07) is 20.4. The number of benzene rings is 3. The first-order valence-electron chi connectivity index (χ1n) is 13.0. The van der Waals surface area contributed by atoms with E-state index in [1.54, 1.807) is 79.7 Å². The third kappa shape index (κ3) is 9.67. The molecule has 42 heavy (non-hydrogen) atoms. The standard InChI is InChI=1S/C21H19F3N2O2.C10H11F3O/c1-12-7-9-14(10-8-12)16-11-17(21(22,23)24)25-20(28)18(16)26-19(27)15-6-4-3-5-13(15)2;11-10(12,13)7-4-8-14-9-5-2-1-3-6-9/h3-10,17H,11H2,1-2H3,(H,25,28)(H,26,27);1-3,5-6H,4,7-8H2. The summed E-state index contributed by atoms with van der Waals surface area (Å²) in [4.78, 5) is 25.1. The molecule has 0 aromatic heterocycles. The van der Waals surface area contributed by atoms with Crippen LogP contribution in [-0.2, 0) is 4.79 Å². The van der Waals surface area contributed by atoms with Crippen LogP contribution in [0.3, 0.4) is 0 Å². The molecular formula is C31H30F6N2O3. The number of halogens is 6. The van der Waals surface area contributed by atoms with Gasteiger partial charge < -0.3 is 15.4 Å². The van der Waals surface area contributed by atoms with E-state index in [9.17, 15) is 35.9 Å². The number of amides is 2. The van der Waals surface area contributed by atoms with Gasteiger partial charge in [-0.05, 0) is 55.2 Å². The Labute approximate surface area is 239 Å². The van der Waals surface area contributed by atoms with Gasteiger partial charge in [-0.2, -0.15) is 26.3 Å². The van der Waals surface area contributed by atoms with Crippen molar-refractivity contribution in [3.63, 3.8) is 0 Å². The van der Waals surface area contributed by atoms with Crippen molar-refractivity contribution in [1.82, 2.24) is 10.6 Å². The summed E-state index contributed by atoms with van der Waals surface area (Å²) in [5, 5.41) is 4.47. The number of carbonyl (C=O) groups excluding carboxylic acids is 2. The van der Waals surface area contributed by atoms with E-state index in [0.717, 1.165) is 5.56 Å². The minimum absolute atomic E-state index is 0.00159. The van der Waals surface area contributed by atoms with Gasteiger partial charge in [0.15, 0.2) is 0 Å². The Balaban J connectivity index is 0.000000291. The summed E-state index contributed by atoms with van der Waals surface area (Å²) in [7, 11) is 0. The van der Waals surface area contributed by atoms with Gasteiger partial charge in [0.25, 0.3) is 11.8 Å². The maximum Gasteiger partial charge on any atom is 0.408 e. The van der Waals surface area contributed by atoms with Crippen molar-refractivity contribution < 1.29 is 40.7 Å². The van der Waals surface area contributed by atoms with E-state index in [2.05, 4.69) is 5.32 Å². The summed E-state index contributed by atoms with van der Waals surface area (Å²) in [6.45, 7) is 3.69. The first kappa shape index (κ1) is 32.2. The van der Waals surface area contributed by atoms with Crippen molar-refractivity contribution in [2.45, 2.75) is 51.5 Å². The number of para-hydroxylation sites is 1. The highest BCUT2D eigenvalue weighted by Crippen LogP contribution is 2.34. The Bertz CT molecular complexity index is 1380. The second kappa shape index (κ2) is 14.1. The lowest BCUT2D eigenvalue weighted by atomic mass is 9.92. The third-order valence-corrected chi connectivity index (χ3v) is 6.28. The van der Waals surface area contributed by atoms with Crippen molar-refractivity contribution in [1.29, 1.82) is 0 Å². The molecule has 0 fully saturated rings. The Kier molecular flexibility index (Phi) is 10.8. The lowest BCUT2D eigenvalue weighted by Crippen LogP contribution is -2.51. The van der Waals surface area contributed by atoms with Crippen LogP contribution < -0.4 is 15.4 Å². The van der Waals surface area contributed by atoms with Crippen molar-refractivity contribution in [2.75, 3.05) is 6.61 Å². The number of rotatable bonds is 7. The fourth-order valence-electron chi connectivity index (χ4n) is 4.06. The molecule has 11 heteroatoms. The summed E-state index contributed by atoms with van der Waals surface area (Å²) < 4.78 is 80.0. The van der Waals surface area contributed by atoms with Crippen LogP contribution in [0.2, 0.25) is 0 Å². The molecule has 0 aliphatic carbocycles. The maximum absolute atomic E-state index is 13.3. The highest BCUT2D eigenvalue weighted by atomic mass is 19.4. The first-order chi connectivity index (χ1) is 19.7. The van der Waals surface area contributed by atoms with Crippen molar-refractivity contribution in [3.8, 4) is 5.75 Å². The largest absolute Gasteiger partial charge is 0.494 e. The van der Waals surface area contributed by atoms with Crippen LogP contribution in [0, 0.1) is 13.8 Å². The Morgan fingerprint density at radius 3 is 2.12 bits per heavy atom. The number of aryl methyl sites for hydroxylation is 2. The fraction of sp³-hybridized carbons (Fsp3) is 0.290. The third-order valence-electron chi connectivity index (χ3n) is 6.28. The number of carbonyl (C=O) groups is 2. The van der Waals surface area contributed by atoms with Crippen LogP contribution in [0.1, 0.15) is 46.3 Å². The zero-order chi connectivity index (χ0) is 30.9. The van der Waals surface area contributed by atoms with Crippen molar-refractivity contribution in [2.24, 2.45) is 0 Å². The van der Waals surface area contributed by atoms with E-state index in [-0.39, 0.29) is 24.3 Å². The van der Waals surface area contributed by atoms with E-state index in [1.807, 2.05) is 18.3 Å². The van der Waals surface area contributed by atoms with E-state index < -0.39 is 43.1 Å². The van der Waals surface area contributed by atoms with Gasteiger partial charge in [-0.1, -0.05) is 66.2 Å². The SMILES string of the molecule is Cc1ccc(C2=C(NC(=O)c3ccccc3C)C(=O)NC(C(F)(F)F)C2)cc1.FC(F)(F)CCCOc1ccccc1. The molecule has 1 heterocycles. The molecule has 0 bridgehead atoms.